The van der Waals surface area contributed by atoms with Crippen LogP contribution in [0.4, 0.5) is 5.82 Å². The molecular formula is C14H13N3S. The van der Waals surface area contributed by atoms with Crippen LogP contribution in [-0.2, 0) is 0 Å². The van der Waals surface area contributed by atoms with Gasteiger partial charge < -0.3 is 0 Å². The number of aromatic nitrogens is 2. The first-order valence-electron chi connectivity index (χ1n) is 5.88. The van der Waals surface area contributed by atoms with Crippen LogP contribution in [-0.4, -0.2) is 20.9 Å². The maximum absolute atomic E-state index is 4.60. The molecule has 0 aliphatic carbocycles. The second-order valence-corrected chi connectivity index (χ2v) is 5.59. The van der Waals surface area contributed by atoms with E-state index in [1.54, 1.807) is 11.8 Å². The lowest BCUT2D eigenvalue weighted by molar-refractivity contribution is 1.02. The highest BCUT2D eigenvalue weighted by Crippen LogP contribution is 2.35. The quantitative estimate of drug-likeness (QED) is 0.779. The Hall–Kier alpha value is -1.68. The molecule has 3 rings (SSSR count). The van der Waals surface area contributed by atoms with Crippen LogP contribution in [0.2, 0.25) is 0 Å². The lowest BCUT2D eigenvalue weighted by atomic mass is 10.2. The summed E-state index contributed by atoms with van der Waals surface area (Å²) in [6.07, 6.45) is 1.82. The molecule has 1 unspecified atom stereocenters. The Morgan fingerprint density at radius 3 is 2.72 bits per heavy atom. The van der Waals surface area contributed by atoms with Gasteiger partial charge in [0.1, 0.15) is 5.03 Å². The zero-order valence-electron chi connectivity index (χ0n) is 10.3. The minimum Gasteiger partial charge on any atom is -0.244 e. The molecule has 2 heterocycles. The van der Waals surface area contributed by atoms with Crippen molar-refractivity contribution in [3.8, 4) is 11.3 Å². The van der Waals surface area contributed by atoms with Crippen molar-refractivity contribution >= 4 is 23.3 Å². The number of rotatable bonds is 1. The smallest absolute Gasteiger partial charge is 0.185 e. The third kappa shape index (κ3) is 2.04. The Labute approximate surface area is 110 Å². The first kappa shape index (κ1) is 11.4. The van der Waals surface area contributed by atoms with Gasteiger partial charge in [0.05, 0.1) is 11.9 Å². The second-order valence-electron chi connectivity index (χ2n) is 4.26. The monoisotopic (exact) mass is 255 g/mol. The summed E-state index contributed by atoms with van der Waals surface area (Å²) >= 11 is 1.72. The third-order valence-corrected chi connectivity index (χ3v) is 4.16. The van der Waals surface area contributed by atoms with Gasteiger partial charge in [0.25, 0.3) is 0 Å². The van der Waals surface area contributed by atoms with Gasteiger partial charge in [0.2, 0.25) is 0 Å². The number of hydrogen-bond acceptors (Lipinski definition) is 4. The van der Waals surface area contributed by atoms with Gasteiger partial charge in [0, 0.05) is 16.5 Å². The molecule has 0 saturated carbocycles. The van der Waals surface area contributed by atoms with Crippen LogP contribution in [0.15, 0.2) is 46.5 Å². The average molecular weight is 255 g/mol. The van der Waals surface area contributed by atoms with Crippen LogP contribution in [0.1, 0.15) is 13.8 Å². The first-order chi connectivity index (χ1) is 8.74. The van der Waals surface area contributed by atoms with Crippen LogP contribution < -0.4 is 0 Å². The number of benzene rings is 1. The van der Waals surface area contributed by atoms with Crippen molar-refractivity contribution in [3.05, 3.63) is 36.5 Å². The molecule has 1 aromatic carbocycles. The van der Waals surface area contributed by atoms with Crippen LogP contribution in [0.5, 0.6) is 0 Å². The molecule has 1 aliphatic heterocycles. The van der Waals surface area contributed by atoms with Gasteiger partial charge in [-0.2, -0.15) is 0 Å². The number of thioether (sulfide) groups is 1. The zero-order chi connectivity index (χ0) is 12.5. The fourth-order valence-electron chi connectivity index (χ4n) is 1.78. The molecule has 0 N–H and O–H groups in total. The van der Waals surface area contributed by atoms with Crippen molar-refractivity contribution in [3.63, 3.8) is 0 Å². The summed E-state index contributed by atoms with van der Waals surface area (Å²) < 4.78 is 0. The van der Waals surface area contributed by atoms with E-state index in [0.29, 0.717) is 5.25 Å². The van der Waals surface area contributed by atoms with E-state index in [4.69, 9.17) is 0 Å². The van der Waals surface area contributed by atoms with E-state index >= 15 is 0 Å². The number of aliphatic imine (C=N–C) groups is 1. The van der Waals surface area contributed by atoms with Gasteiger partial charge in [-0.3, -0.25) is 0 Å². The fraction of sp³-hybridized carbons (Fsp3) is 0.214. The van der Waals surface area contributed by atoms with Gasteiger partial charge in [0.15, 0.2) is 5.82 Å². The highest BCUT2D eigenvalue weighted by Gasteiger charge is 2.19. The molecule has 3 nitrogen and oxygen atoms in total. The molecule has 0 saturated heterocycles. The van der Waals surface area contributed by atoms with Crippen molar-refractivity contribution < 1.29 is 0 Å². The van der Waals surface area contributed by atoms with Crippen LogP contribution in [0.25, 0.3) is 11.3 Å². The van der Waals surface area contributed by atoms with Gasteiger partial charge in [-0.15, -0.1) is 0 Å². The number of fused-ring (bicyclic) bond motifs is 1. The number of hydrogen-bond donors (Lipinski definition) is 0. The van der Waals surface area contributed by atoms with Gasteiger partial charge in [-0.25, -0.2) is 15.0 Å². The fourth-order valence-corrected chi connectivity index (χ4v) is 2.65. The molecule has 0 radical (unpaired) electrons. The Balaban J connectivity index is 2.06. The number of nitrogens with zero attached hydrogens (tertiary/aromatic N) is 3. The van der Waals surface area contributed by atoms with Gasteiger partial charge in [-0.1, -0.05) is 42.1 Å². The van der Waals surface area contributed by atoms with Gasteiger partial charge >= 0.3 is 0 Å². The van der Waals surface area contributed by atoms with E-state index in [0.717, 1.165) is 27.8 Å². The predicted octanol–water partition coefficient (Wildman–Crippen LogP) is 3.73. The molecule has 0 bridgehead atoms. The van der Waals surface area contributed by atoms with E-state index in [9.17, 15) is 0 Å². The molecular weight excluding hydrogens is 242 g/mol. The summed E-state index contributed by atoms with van der Waals surface area (Å²) in [6, 6.07) is 10.1. The normalized spacial score (nSPS) is 18.1. The first-order valence-corrected chi connectivity index (χ1v) is 6.76. The lowest BCUT2D eigenvalue weighted by Crippen LogP contribution is -2.13. The lowest BCUT2D eigenvalue weighted by Gasteiger charge is -2.17. The molecule has 4 heteroatoms. The maximum atomic E-state index is 4.60. The Bertz CT molecular complexity index is 608. The van der Waals surface area contributed by atoms with E-state index in [2.05, 4.69) is 21.9 Å². The van der Waals surface area contributed by atoms with Gasteiger partial charge in [-0.05, 0) is 13.8 Å². The summed E-state index contributed by atoms with van der Waals surface area (Å²) in [5.74, 6) is 0.747. The molecule has 2 aromatic rings. The molecule has 0 spiro atoms. The predicted molar refractivity (Wildman–Crippen MR) is 75.6 cm³/mol. The van der Waals surface area contributed by atoms with E-state index < -0.39 is 0 Å². The summed E-state index contributed by atoms with van der Waals surface area (Å²) in [5.41, 5.74) is 3.05. The Kier molecular flexibility index (Phi) is 2.88. The van der Waals surface area contributed by atoms with Crippen molar-refractivity contribution in [2.45, 2.75) is 24.1 Å². The summed E-state index contributed by atoms with van der Waals surface area (Å²) in [7, 11) is 0. The van der Waals surface area contributed by atoms with E-state index in [-0.39, 0.29) is 0 Å². The minimum atomic E-state index is 0.384. The summed E-state index contributed by atoms with van der Waals surface area (Å²) in [5, 5.41) is 1.31. The molecule has 1 aromatic heterocycles. The highest BCUT2D eigenvalue weighted by molar-refractivity contribution is 8.00. The second kappa shape index (κ2) is 4.53. The van der Waals surface area contributed by atoms with Crippen molar-refractivity contribution in [1.82, 2.24) is 9.97 Å². The van der Waals surface area contributed by atoms with E-state index in [1.165, 1.54) is 0 Å². The molecule has 1 atom stereocenters. The molecule has 90 valence electrons. The molecule has 0 amide bonds. The highest BCUT2D eigenvalue weighted by atomic mass is 32.2. The summed E-state index contributed by atoms with van der Waals surface area (Å²) in [4.78, 5) is 13.6. The minimum absolute atomic E-state index is 0.384. The van der Waals surface area contributed by atoms with Crippen molar-refractivity contribution in [2.24, 2.45) is 4.99 Å². The van der Waals surface area contributed by atoms with Crippen molar-refractivity contribution in [1.29, 1.82) is 0 Å². The average Bonchev–Trinajstić information content (AvgIpc) is 2.41. The van der Waals surface area contributed by atoms with Crippen LogP contribution in [0.3, 0.4) is 0 Å². The zero-order valence-corrected chi connectivity index (χ0v) is 11.1. The SMILES string of the molecule is CC1=Nc2nc(-c3ccccc3)cnc2SC1C. The Morgan fingerprint density at radius 2 is 1.94 bits per heavy atom. The summed E-state index contributed by atoms with van der Waals surface area (Å²) in [6.45, 7) is 4.18. The van der Waals surface area contributed by atoms with Crippen LogP contribution >= 0.6 is 11.8 Å². The maximum Gasteiger partial charge on any atom is 0.185 e. The van der Waals surface area contributed by atoms with E-state index in [1.807, 2.05) is 43.5 Å². The van der Waals surface area contributed by atoms with Crippen LogP contribution in [0, 0.1) is 0 Å². The third-order valence-electron chi connectivity index (χ3n) is 2.95. The molecule has 1 aliphatic rings. The standard InChI is InChI=1S/C14H13N3S/c1-9-10(2)18-14-13(16-9)17-12(8-15-14)11-6-4-3-5-7-11/h3-8,10H,1-2H3. The van der Waals surface area contributed by atoms with Crippen molar-refractivity contribution in [2.75, 3.05) is 0 Å². The molecule has 18 heavy (non-hydrogen) atoms. The Morgan fingerprint density at radius 1 is 1.17 bits per heavy atom. The topological polar surface area (TPSA) is 38.1 Å². The largest absolute Gasteiger partial charge is 0.244 e. The molecule has 0 fully saturated rings.